The topological polar surface area (TPSA) is 75.3 Å². The van der Waals surface area contributed by atoms with Crippen LogP contribution in [0.3, 0.4) is 0 Å². The molecule has 0 saturated carbocycles. The van der Waals surface area contributed by atoms with Gasteiger partial charge in [0.15, 0.2) is 0 Å². The van der Waals surface area contributed by atoms with Crippen molar-refractivity contribution in [1.29, 1.82) is 0 Å². The largest absolute Gasteiger partial charge is 0.384 e. The van der Waals surface area contributed by atoms with Gasteiger partial charge in [0.25, 0.3) is 5.91 Å². The van der Waals surface area contributed by atoms with E-state index in [2.05, 4.69) is 17.6 Å². The molecule has 1 aromatic rings. The summed E-state index contributed by atoms with van der Waals surface area (Å²) in [6, 6.07) is 5.53. The lowest BCUT2D eigenvalue weighted by Crippen LogP contribution is -2.29. The fourth-order valence-corrected chi connectivity index (χ4v) is 2.18. The van der Waals surface area contributed by atoms with Crippen LogP contribution in [0.5, 0.6) is 0 Å². The van der Waals surface area contributed by atoms with E-state index in [4.69, 9.17) is 0 Å². The summed E-state index contributed by atoms with van der Waals surface area (Å²) in [7, 11) is -3.06. The fraction of sp³-hybridized carbons (Fsp3) is 0.500. The molecule has 1 aromatic carbocycles. The van der Waals surface area contributed by atoms with Gasteiger partial charge in [0.2, 0.25) is 0 Å². The number of benzene rings is 1. The van der Waals surface area contributed by atoms with Crippen LogP contribution in [-0.4, -0.2) is 39.4 Å². The maximum atomic E-state index is 12.1. The number of rotatable bonds is 7. The molecule has 0 heterocycles. The summed E-state index contributed by atoms with van der Waals surface area (Å²) < 4.78 is 22.1. The minimum absolute atomic E-state index is 0.0533. The van der Waals surface area contributed by atoms with Crippen molar-refractivity contribution in [2.24, 2.45) is 0 Å². The second-order valence-corrected chi connectivity index (χ2v) is 7.12. The van der Waals surface area contributed by atoms with E-state index in [1.165, 1.54) is 0 Å². The van der Waals surface area contributed by atoms with Gasteiger partial charge in [-0.3, -0.25) is 4.79 Å². The highest BCUT2D eigenvalue weighted by molar-refractivity contribution is 7.90. The number of carbonyl (C=O) groups excluding carboxylic acids is 1. The zero-order valence-electron chi connectivity index (χ0n) is 12.2. The Balaban J connectivity index is 2.76. The van der Waals surface area contributed by atoms with Crippen molar-refractivity contribution < 1.29 is 13.2 Å². The van der Waals surface area contributed by atoms with Crippen molar-refractivity contribution in [3.63, 3.8) is 0 Å². The van der Waals surface area contributed by atoms with Gasteiger partial charge in [-0.05, 0) is 31.0 Å². The number of anilines is 1. The summed E-state index contributed by atoms with van der Waals surface area (Å²) in [5.41, 5.74) is 2.39. The van der Waals surface area contributed by atoms with Crippen LogP contribution >= 0.6 is 0 Å². The average Bonchev–Trinajstić information content (AvgIpc) is 2.34. The lowest BCUT2D eigenvalue weighted by atomic mass is 10.1. The van der Waals surface area contributed by atoms with Gasteiger partial charge >= 0.3 is 0 Å². The normalized spacial score (nSPS) is 11.2. The molecule has 1 rings (SSSR count). The summed E-state index contributed by atoms with van der Waals surface area (Å²) in [4.78, 5) is 12.1. The van der Waals surface area contributed by atoms with Crippen molar-refractivity contribution in [2.45, 2.75) is 20.3 Å². The molecule has 0 bridgehead atoms. The molecular weight excluding hydrogens is 276 g/mol. The van der Waals surface area contributed by atoms with Crippen LogP contribution < -0.4 is 10.6 Å². The van der Waals surface area contributed by atoms with Gasteiger partial charge in [-0.25, -0.2) is 8.42 Å². The Morgan fingerprint density at radius 1 is 1.25 bits per heavy atom. The highest BCUT2D eigenvalue weighted by Gasteiger charge is 2.12. The smallest absolute Gasteiger partial charge is 0.253 e. The van der Waals surface area contributed by atoms with Crippen LogP contribution in [0.15, 0.2) is 18.2 Å². The standard InChI is InChI=1S/C14H22N2O3S/c1-4-7-15-13-10-11(2)5-6-12(13)14(17)16-8-9-20(3,18)19/h5-6,10,15H,4,7-9H2,1-3H3,(H,16,17). The fourth-order valence-electron chi connectivity index (χ4n) is 1.71. The molecule has 6 heteroatoms. The third kappa shape index (κ3) is 5.61. The molecule has 0 radical (unpaired) electrons. The number of hydrogen-bond donors (Lipinski definition) is 2. The predicted octanol–water partition coefficient (Wildman–Crippen LogP) is 1.59. The van der Waals surface area contributed by atoms with E-state index in [-0.39, 0.29) is 18.2 Å². The van der Waals surface area contributed by atoms with Gasteiger partial charge in [0, 0.05) is 25.0 Å². The van der Waals surface area contributed by atoms with Crippen LogP contribution in [0.4, 0.5) is 5.69 Å². The summed E-state index contributed by atoms with van der Waals surface area (Å²) >= 11 is 0. The van der Waals surface area contributed by atoms with Gasteiger partial charge in [0.1, 0.15) is 9.84 Å². The molecule has 0 saturated heterocycles. The maximum Gasteiger partial charge on any atom is 0.253 e. The summed E-state index contributed by atoms with van der Waals surface area (Å²) in [5.74, 6) is -0.310. The molecule has 1 amide bonds. The molecule has 0 aliphatic carbocycles. The first-order valence-corrected chi connectivity index (χ1v) is 8.70. The Morgan fingerprint density at radius 2 is 1.95 bits per heavy atom. The van der Waals surface area contributed by atoms with Crippen molar-refractivity contribution >= 4 is 21.4 Å². The van der Waals surface area contributed by atoms with Gasteiger partial charge in [-0.1, -0.05) is 13.0 Å². The van der Waals surface area contributed by atoms with Crippen molar-refractivity contribution in [3.8, 4) is 0 Å². The third-order valence-electron chi connectivity index (χ3n) is 2.74. The van der Waals surface area contributed by atoms with Gasteiger partial charge < -0.3 is 10.6 Å². The van der Waals surface area contributed by atoms with Crippen molar-refractivity contribution in [3.05, 3.63) is 29.3 Å². The number of sulfone groups is 1. The molecule has 5 nitrogen and oxygen atoms in total. The Labute approximate surface area is 120 Å². The SMILES string of the molecule is CCCNc1cc(C)ccc1C(=O)NCCS(C)(=O)=O. The number of carbonyl (C=O) groups is 1. The molecule has 0 atom stereocenters. The van der Waals surface area contributed by atoms with Gasteiger partial charge in [-0.15, -0.1) is 0 Å². The second-order valence-electron chi connectivity index (χ2n) is 4.86. The molecule has 0 aliphatic rings. The molecule has 112 valence electrons. The van der Waals surface area contributed by atoms with E-state index >= 15 is 0 Å². The number of amides is 1. The first-order chi connectivity index (χ1) is 9.33. The van der Waals surface area contributed by atoms with E-state index in [1.807, 2.05) is 19.1 Å². The van der Waals surface area contributed by atoms with E-state index in [1.54, 1.807) is 6.07 Å². The van der Waals surface area contributed by atoms with E-state index in [9.17, 15) is 13.2 Å². The van der Waals surface area contributed by atoms with Crippen LogP contribution in [0.2, 0.25) is 0 Å². The van der Waals surface area contributed by atoms with Gasteiger partial charge in [0.05, 0.1) is 11.3 Å². The van der Waals surface area contributed by atoms with Crippen LogP contribution in [0, 0.1) is 6.92 Å². The minimum atomic E-state index is -3.06. The van der Waals surface area contributed by atoms with Crippen LogP contribution in [0.1, 0.15) is 29.3 Å². The van der Waals surface area contributed by atoms with Crippen molar-refractivity contribution in [1.82, 2.24) is 5.32 Å². The number of nitrogens with one attached hydrogen (secondary N) is 2. The minimum Gasteiger partial charge on any atom is -0.384 e. The zero-order chi connectivity index (χ0) is 15.2. The lowest BCUT2D eigenvalue weighted by molar-refractivity contribution is 0.0957. The van der Waals surface area contributed by atoms with E-state index in [0.29, 0.717) is 5.56 Å². The average molecular weight is 298 g/mol. The summed E-state index contributed by atoms with van der Waals surface area (Å²) in [6.07, 6.45) is 2.11. The monoisotopic (exact) mass is 298 g/mol. The molecule has 0 spiro atoms. The van der Waals surface area contributed by atoms with Crippen LogP contribution in [-0.2, 0) is 9.84 Å². The molecule has 0 aromatic heterocycles. The maximum absolute atomic E-state index is 12.1. The molecule has 2 N–H and O–H groups in total. The van der Waals surface area contributed by atoms with Crippen LogP contribution in [0.25, 0.3) is 0 Å². The Bertz CT molecular complexity index is 568. The first-order valence-electron chi connectivity index (χ1n) is 6.64. The number of aryl methyl sites for hydroxylation is 1. The van der Waals surface area contributed by atoms with Gasteiger partial charge in [-0.2, -0.15) is 0 Å². The zero-order valence-corrected chi connectivity index (χ0v) is 13.0. The molecular formula is C14H22N2O3S. The quantitative estimate of drug-likeness (QED) is 0.801. The Kier molecular flexibility index (Phi) is 6.01. The summed E-state index contributed by atoms with van der Waals surface area (Å²) in [5, 5.41) is 5.85. The Morgan fingerprint density at radius 3 is 2.55 bits per heavy atom. The van der Waals surface area contributed by atoms with E-state index in [0.717, 1.165) is 30.5 Å². The highest BCUT2D eigenvalue weighted by atomic mass is 32.2. The number of hydrogen-bond acceptors (Lipinski definition) is 4. The first kappa shape index (κ1) is 16.5. The van der Waals surface area contributed by atoms with Crippen molar-refractivity contribution in [2.75, 3.05) is 30.4 Å². The molecule has 20 heavy (non-hydrogen) atoms. The lowest BCUT2D eigenvalue weighted by Gasteiger charge is -2.12. The summed E-state index contributed by atoms with van der Waals surface area (Å²) in [6.45, 7) is 4.92. The highest BCUT2D eigenvalue weighted by Crippen LogP contribution is 2.17. The Hall–Kier alpha value is -1.56. The molecule has 0 unspecified atom stereocenters. The molecule has 0 fully saturated rings. The second kappa shape index (κ2) is 7.28. The third-order valence-corrected chi connectivity index (χ3v) is 3.69. The molecule has 0 aliphatic heterocycles. The van der Waals surface area contributed by atoms with E-state index < -0.39 is 9.84 Å². The predicted molar refractivity (Wildman–Crippen MR) is 82.0 cm³/mol.